The molecule has 0 spiro atoms. The Hall–Kier alpha value is -1.97. The largest absolute Gasteiger partial charge is 0.463 e. The molecule has 0 atom stereocenters. The molecule has 1 N–H and O–H groups in total. The number of esters is 1. The number of hydrogen-bond acceptors (Lipinski definition) is 4. The number of rotatable bonds is 3. The van der Waals surface area contributed by atoms with Crippen LogP contribution in [-0.2, 0) is 9.53 Å². The molecule has 106 valence electrons. The average molecular weight is 272 g/mol. The number of carbonyl (C=O) groups excluding carboxylic acids is 1. The fourth-order valence-electron chi connectivity index (χ4n) is 2.89. The molecule has 2 heterocycles. The second-order valence-corrected chi connectivity index (χ2v) is 5.19. The minimum Gasteiger partial charge on any atom is -0.463 e. The topological polar surface area (TPSA) is 41.6 Å². The minimum atomic E-state index is -0.207. The van der Waals surface area contributed by atoms with Crippen LogP contribution < -0.4 is 15.8 Å². The van der Waals surface area contributed by atoms with E-state index in [-0.39, 0.29) is 5.97 Å². The van der Waals surface area contributed by atoms with Gasteiger partial charge in [0, 0.05) is 42.0 Å². The lowest BCUT2D eigenvalue weighted by molar-refractivity contribution is -0.136. The van der Waals surface area contributed by atoms with Crippen LogP contribution in [0.5, 0.6) is 0 Å². The van der Waals surface area contributed by atoms with Gasteiger partial charge in [0.05, 0.1) is 12.2 Å². The van der Waals surface area contributed by atoms with Crippen molar-refractivity contribution in [1.29, 1.82) is 0 Å². The van der Waals surface area contributed by atoms with Crippen molar-refractivity contribution in [3.05, 3.63) is 28.6 Å². The molecule has 0 saturated carbocycles. The molecule has 20 heavy (non-hydrogen) atoms. The van der Waals surface area contributed by atoms with Crippen LogP contribution >= 0.6 is 0 Å². The van der Waals surface area contributed by atoms with Gasteiger partial charge in [0.2, 0.25) is 0 Å². The van der Waals surface area contributed by atoms with E-state index in [1.807, 2.05) is 19.1 Å². The van der Waals surface area contributed by atoms with Gasteiger partial charge in [-0.2, -0.15) is 0 Å². The number of likely N-dealkylation sites (tertiary alicyclic amines) is 1. The fourth-order valence-corrected chi connectivity index (χ4v) is 2.89. The second kappa shape index (κ2) is 5.57. The van der Waals surface area contributed by atoms with E-state index in [0.29, 0.717) is 13.2 Å². The minimum absolute atomic E-state index is 0.207. The quantitative estimate of drug-likeness (QED) is 0.821. The molecule has 1 saturated heterocycles. The molecule has 1 aromatic rings. The first-order chi connectivity index (χ1) is 9.79. The van der Waals surface area contributed by atoms with Crippen molar-refractivity contribution >= 4 is 23.4 Å². The van der Waals surface area contributed by atoms with Crippen molar-refractivity contribution in [2.75, 3.05) is 31.6 Å². The normalized spacial score (nSPS) is 18.1. The molecule has 0 bridgehead atoms. The van der Waals surface area contributed by atoms with E-state index < -0.39 is 0 Å². The molecule has 2 aliphatic rings. The SMILES string of the molecule is CCOC(=O)C1=c2c(cccc2=CN2CCCC2)NC1. The number of hydrogen-bond donors (Lipinski definition) is 1. The number of fused-ring (bicyclic) bond motifs is 1. The van der Waals surface area contributed by atoms with Crippen molar-refractivity contribution in [3.63, 3.8) is 0 Å². The molecular weight excluding hydrogens is 252 g/mol. The van der Waals surface area contributed by atoms with Crippen LogP contribution in [0.1, 0.15) is 19.8 Å². The second-order valence-electron chi connectivity index (χ2n) is 5.19. The molecule has 0 amide bonds. The maximum atomic E-state index is 12.1. The van der Waals surface area contributed by atoms with Crippen molar-refractivity contribution in [2.24, 2.45) is 0 Å². The Morgan fingerprint density at radius 2 is 2.20 bits per heavy atom. The highest BCUT2D eigenvalue weighted by molar-refractivity contribution is 6.13. The lowest BCUT2D eigenvalue weighted by Gasteiger charge is -2.10. The van der Waals surface area contributed by atoms with Crippen LogP contribution in [0.15, 0.2) is 18.2 Å². The van der Waals surface area contributed by atoms with Gasteiger partial charge in [-0.1, -0.05) is 12.1 Å². The molecule has 0 unspecified atom stereocenters. The van der Waals surface area contributed by atoms with E-state index in [9.17, 15) is 4.79 Å². The maximum Gasteiger partial charge on any atom is 0.336 e. The van der Waals surface area contributed by atoms with Gasteiger partial charge in [0.25, 0.3) is 0 Å². The molecular formula is C16H20N2O2. The smallest absolute Gasteiger partial charge is 0.336 e. The van der Waals surface area contributed by atoms with E-state index in [4.69, 9.17) is 4.74 Å². The Morgan fingerprint density at radius 3 is 2.95 bits per heavy atom. The number of nitrogens with zero attached hydrogens (tertiary/aromatic N) is 1. The summed E-state index contributed by atoms with van der Waals surface area (Å²) in [5.74, 6) is -0.207. The maximum absolute atomic E-state index is 12.1. The monoisotopic (exact) mass is 272 g/mol. The van der Waals surface area contributed by atoms with Gasteiger partial charge in [-0.3, -0.25) is 0 Å². The summed E-state index contributed by atoms with van der Waals surface area (Å²) in [6, 6.07) is 6.12. The van der Waals surface area contributed by atoms with E-state index in [0.717, 1.165) is 34.8 Å². The predicted molar refractivity (Wildman–Crippen MR) is 79.5 cm³/mol. The number of ether oxygens (including phenoxy) is 1. The molecule has 0 radical (unpaired) electrons. The number of nitrogens with one attached hydrogen (secondary N) is 1. The summed E-state index contributed by atoms with van der Waals surface area (Å²) in [6.07, 6.45) is 4.68. The molecule has 3 rings (SSSR count). The zero-order valence-electron chi connectivity index (χ0n) is 11.8. The Labute approximate surface area is 118 Å². The lowest BCUT2D eigenvalue weighted by Crippen LogP contribution is -2.31. The van der Waals surface area contributed by atoms with E-state index in [1.54, 1.807) is 0 Å². The van der Waals surface area contributed by atoms with Gasteiger partial charge in [0.15, 0.2) is 0 Å². The molecule has 0 aliphatic carbocycles. The molecule has 1 fully saturated rings. The number of carbonyl (C=O) groups is 1. The Balaban J connectivity index is 2.11. The predicted octanol–water partition coefficient (Wildman–Crippen LogP) is 0.660. The van der Waals surface area contributed by atoms with Crippen LogP contribution in [0.25, 0.3) is 11.8 Å². The van der Waals surface area contributed by atoms with Crippen molar-refractivity contribution in [3.8, 4) is 0 Å². The third-order valence-corrected chi connectivity index (χ3v) is 3.84. The Morgan fingerprint density at radius 1 is 1.40 bits per heavy atom. The first-order valence-corrected chi connectivity index (χ1v) is 7.28. The van der Waals surface area contributed by atoms with Crippen LogP contribution in [0, 0.1) is 0 Å². The first-order valence-electron chi connectivity index (χ1n) is 7.28. The van der Waals surface area contributed by atoms with E-state index in [1.165, 1.54) is 12.8 Å². The van der Waals surface area contributed by atoms with Crippen LogP contribution in [-0.4, -0.2) is 37.1 Å². The zero-order valence-corrected chi connectivity index (χ0v) is 11.8. The first kappa shape index (κ1) is 13.0. The highest BCUT2D eigenvalue weighted by atomic mass is 16.5. The Bertz CT molecular complexity index is 630. The van der Waals surface area contributed by atoms with Gasteiger partial charge in [-0.15, -0.1) is 0 Å². The average Bonchev–Trinajstić information content (AvgIpc) is 3.08. The van der Waals surface area contributed by atoms with E-state index in [2.05, 4.69) is 22.5 Å². The van der Waals surface area contributed by atoms with Gasteiger partial charge in [0.1, 0.15) is 0 Å². The summed E-state index contributed by atoms with van der Waals surface area (Å²) >= 11 is 0. The third-order valence-electron chi connectivity index (χ3n) is 3.84. The highest BCUT2D eigenvalue weighted by Crippen LogP contribution is 2.11. The summed E-state index contributed by atoms with van der Waals surface area (Å²) in [5.41, 5.74) is 1.77. The van der Waals surface area contributed by atoms with Crippen LogP contribution in [0.4, 0.5) is 5.69 Å². The lowest BCUT2D eigenvalue weighted by atomic mass is 10.1. The van der Waals surface area contributed by atoms with Gasteiger partial charge in [-0.05, 0) is 25.8 Å². The van der Waals surface area contributed by atoms with Crippen molar-refractivity contribution in [2.45, 2.75) is 19.8 Å². The molecule has 4 heteroatoms. The van der Waals surface area contributed by atoms with Crippen LogP contribution in [0.2, 0.25) is 0 Å². The molecule has 4 nitrogen and oxygen atoms in total. The number of benzene rings is 1. The third kappa shape index (κ3) is 2.38. The van der Waals surface area contributed by atoms with Crippen molar-refractivity contribution < 1.29 is 9.53 Å². The summed E-state index contributed by atoms with van der Waals surface area (Å²) in [7, 11) is 0. The summed E-state index contributed by atoms with van der Waals surface area (Å²) < 4.78 is 5.16. The van der Waals surface area contributed by atoms with Gasteiger partial charge >= 0.3 is 5.97 Å². The number of anilines is 1. The van der Waals surface area contributed by atoms with Crippen LogP contribution in [0.3, 0.4) is 0 Å². The standard InChI is InChI=1S/C16H20N2O2/c1-2-20-16(19)13-10-17-14-7-5-6-12(15(13)14)11-18-8-3-4-9-18/h5-7,11,17H,2-4,8-10H2,1H3. The zero-order chi connectivity index (χ0) is 13.9. The molecule has 2 aliphatic heterocycles. The molecule has 1 aromatic carbocycles. The summed E-state index contributed by atoms with van der Waals surface area (Å²) in [4.78, 5) is 14.4. The molecule has 0 aromatic heterocycles. The fraction of sp³-hybridized carbons (Fsp3) is 0.438. The highest BCUT2D eigenvalue weighted by Gasteiger charge is 2.19. The Kier molecular flexibility index (Phi) is 3.63. The summed E-state index contributed by atoms with van der Waals surface area (Å²) in [6.45, 7) is 5.01. The van der Waals surface area contributed by atoms with Gasteiger partial charge in [-0.25, -0.2) is 4.79 Å². The van der Waals surface area contributed by atoms with E-state index >= 15 is 0 Å². The van der Waals surface area contributed by atoms with Crippen molar-refractivity contribution in [1.82, 2.24) is 4.90 Å². The van der Waals surface area contributed by atoms with Gasteiger partial charge < -0.3 is 15.0 Å². The summed E-state index contributed by atoms with van der Waals surface area (Å²) in [5, 5.41) is 5.40.